The van der Waals surface area contributed by atoms with Gasteiger partial charge in [0.1, 0.15) is 0 Å². The van der Waals surface area contributed by atoms with E-state index < -0.39 is 0 Å². The van der Waals surface area contributed by atoms with E-state index in [4.69, 9.17) is 0 Å². The van der Waals surface area contributed by atoms with E-state index in [1.165, 1.54) is 38.1 Å². The standard InChI is InChI=1S/C8H16O2S/c1-3-4-5-6-7-11-8(9)10-2/h3-7H2,1-2H3. The predicted molar refractivity (Wildman–Crippen MR) is 49.0 cm³/mol. The Labute approximate surface area is 72.7 Å². The number of hydrogen-bond acceptors (Lipinski definition) is 3. The molecule has 0 rings (SSSR count). The summed E-state index contributed by atoms with van der Waals surface area (Å²) in [6, 6.07) is 0. The summed E-state index contributed by atoms with van der Waals surface area (Å²) in [6.07, 6.45) is 4.85. The number of carbonyl (C=O) groups excluding carboxylic acids is 1. The molecular weight excluding hydrogens is 160 g/mol. The molecule has 0 saturated heterocycles. The molecule has 11 heavy (non-hydrogen) atoms. The minimum absolute atomic E-state index is 0.165. The third-order valence-corrected chi connectivity index (χ3v) is 2.28. The first-order valence-corrected chi connectivity index (χ1v) is 5.00. The highest BCUT2D eigenvalue weighted by molar-refractivity contribution is 8.13. The zero-order valence-electron chi connectivity index (χ0n) is 7.26. The van der Waals surface area contributed by atoms with Gasteiger partial charge in [0.2, 0.25) is 0 Å². The topological polar surface area (TPSA) is 26.3 Å². The second-order valence-electron chi connectivity index (χ2n) is 2.36. The van der Waals surface area contributed by atoms with Crippen molar-refractivity contribution in [3.63, 3.8) is 0 Å². The maximum absolute atomic E-state index is 10.6. The molecule has 0 atom stereocenters. The Morgan fingerprint density at radius 2 is 2.09 bits per heavy atom. The third-order valence-electron chi connectivity index (χ3n) is 1.38. The number of unbranched alkanes of at least 4 members (excludes halogenated alkanes) is 3. The fourth-order valence-electron chi connectivity index (χ4n) is 0.743. The number of hydrogen-bond donors (Lipinski definition) is 0. The first kappa shape index (κ1) is 10.8. The number of thioether (sulfide) groups is 1. The lowest BCUT2D eigenvalue weighted by Gasteiger charge is -1.97. The second kappa shape index (κ2) is 7.92. The summed E-state index contributed by atoms with van der Waals surface area (Å²) in [5.74, 6) is 0.896. The van der Waals surface area contributed by atoms with Crippen LogP contribution >= 0.6 is 11.8 Å². The van der Waals surface area contributed by atoms with Gasteiger partial charge in [0.15, 0.2) is 0 Å². The Kier molecular flexibility index (Phi) is 7.79. The maximum atomic E-state index is 10.6. The Balaban J connectivity index is 2.95. The summed E-state index contributed by atoms with van der Waals surface area (Å²) < 4.78 is 4.48. The van der Waals surface area contributed by atoms with E-state index in [-0.39, 0.29) is 5.30 Å². The minimum atomic E-state index is -0.165. The van der Waals surface area contributed by atoms with Gasteiger partial charge in [-0.25, -0.2) is 4.79 Å². The molecule has 0 aromatic rings. The molecule has 0 heterocycles. The van der Waals surface area contributed by atoms with Crippen LogP contribution in [-0.2, 0) is 4.74 Å². The smallest absolute Gasteiger partial charge is 0.367 e. The molecule has 0 saturated carbocycles. The summed E-state index contributed by atoms with van der Waals surface area (Å²) in [7, 11) is 1.42. The average Bonchev–Trinajstić information content (AvgIpc) is 2.04. The SMILES string of the molecule is CCCCCCSC(=O)OC. The molecule has 0 radical (unpaired) electrons. The van der Waals surface area contributed by atoms with Gasteiger partial charge in [-0.05, 0) is 18.2 Å². The Morgan fingerprint density at radius 3 is 2.64 bits per heavy atom. The first-order valence-electron chi connectivity index (χ1n) is 4.02. The summed E-state index contributed by atoms with van der Waals surface area (Å²) in [6.45, 7) is 2.17. The number of methoxy groups -OCH3 is 1. The first-order chi connectivity index (χ1) is 5.31. The maximum Gasteiger partial charge on any atom is 0.367 e. The van der Waals surface area contributed by atoms with Crippen molar-refractivity contribution in [2.24, 2.45) is 0 Å². The largest absolute Gasteiger partial charge is 0.461 e. The summed E-state index contributed by atoms with van der Waals surface area (Å²) in [4.78, 5) is 10.6. The molecule has 0 aliphatic rings. The van der Waals surface area contributed by atoms with Crippen molar-refractivity contribution in [1.29, 1.82) is 0 Å². The van der Waals surface area contributed by atoms with Gasteiger partial charge in [0.05, 0.1) is 7.11 Å². The molecule has 66 valence electrons. The number of rotatable bonds is 5. The van der Waals surface area contributed by atoms with E-state index in [1.54, 1.807) is 0 Å². The number of carbonyl (C=O) groups is 1. The van der Waals surface area contributed by atoms with E-state index in [0.29, 0.717) is 0 Å². The van der Waals surface area contributed by atoms with Crippen LogP contribution in [0.1, 0.15) is 32.6 Å². The molecular formula is C8H16O2S. The molecule has 0 N–H and O–H groups in total. The number of ether oxygens (including phenoxy) is 1. The monoisotopic (exact) mass is 176 g/mol. The van der Waals surface area contributed by atoms with Crippen LogP contribution in [0, 0.1) is 0 Å². The van der Waals surface area contributed by atoms with Crippen molar-refractivity contribution in [1.82, 2.24) is 0 Å². The lowest BCUT2D eigenvalue weighted by molar-refractivity contribution is 0.200. The second-order valence-corrected chi connectivity index (χ2v) is 3.39. The normalized spacial score (nSPS) is 9.64. The fourth-order valence-corrected chi connectivity index (χ4v) is 1.38. The lowest BCUT2D eigenvalue weighted by atomic mass is 10.2. The zero-order chi connectivity index (χ0) is 8.53. The third kappa shape index (κ3) is 7.72. The summed E-state index contributed by atoms with van der Waals surface area (Å²) in [5, 5.41) is -0.165. The van der Waals surface area contributed by atoms with Crippen molar-refractivity contribution in [2.45, 2.75) is 32.6 Å². The zero-order valence-corrected chi connectivity index (χ0v) is 8.08. The molecule has 0 fully saturated rings. The van der Waals surface area contributed by atoms with Gasteiger partial charge >= 0.3 is 5.30 Å². The van der Waals surface area contributed by atoms with Crippen molar-refractivity contribution in [3.8, 4) is 0 Å². The Bertz CT molecular complexity index is 104. The molecule has 0 unspecified atom stereocenters. The predicted octanol–water partition coefficient (Wildman–Crippen LogP) is 3.07. The van der Waals surface area contributed by atoms with Gasteiger partial charge in [-0.15, -0.1) is 0 Å². The Morgan fingerprint density at radius 1 is 1.36 bits per heavy atom. The van der Waals surface area contributed by atoms with Crippen LogP contribution in [0.5, 0.6) is 0 Å². The average molecular weight is 176 g/mol. The molecule has 0 spiro atoms. The van der Waals surface area contributed by atoms with Gasteiger partial charge in [-0.3, -0.25) is 0 Å². The molecule has 0 amide bonds. The highest BCUT2D eigenvalue weighted by Crippen LogP contribution is 2.09. The molecule has 0 aliphatic carbocycles. The molecule has 3 heteroatoms. The lowest BCUT2D eigenvalue weighted by Crippen LogP contribution is -1.92. The summed E-state index contributed by atoms with van der Waals surface area (Å²) in [5.41, 5.74) is 0. The Hall–Kier alpha value is -0.180. The van der Waals surface area contributed by atoms with Crippen LogP contribution in [0.3, 0.4) is 0 Å². The molecule has 0 aliphatic heterocycles. The molecule has 0 aromatic heterocycles. The van der Waals surface area contributed by atoms with Gasteiger partial charge in [0.25, 0.3) is 0 Å². The van der Waals surface area contributed by atoms with Crippen LogP contribution in [0.2, 0.25) is 0 Å². The molecule has 0 aromatic carbocycles. The van der Waals surface area contributed by atoms with Gasteiger partial charge in [0, 0.05) is 5.75 Å². The highest BCUT2D eigenvalue weighted by atomic mass is 32.2. The van der Waals surface area contributed by atoms with E-state index in [0.717, 1.165) is 12.2 Å². The minimum Gasteiger partial charge on any atom is -0.461 e. The van der Waals surface area contributed by atoms with E-state index in [1.807, 2.05) is 0 Å². The fraction of sp³-hybridized carbons (Fsp3) is 0.875. The van der Waals surface area contributed by atoms with Crippen molar-refractivity contribution >= 4 is 17.1 Å². The van der Waals surface area contributed by atoms with Crippen LogP contribution in [0.25, 0.3) is 0 Å². The van der Waals surface area contributed by atoms with Crippen molar-refractivity contribution in [2.75, 3.05) is 12.9 Å². The van der Waals surface area contributed by atoms with Crippen LogP contribution in [0.4, 0.5) is 4.79 Å². The summed E-state index contributed by atoms with van der Waals surface area (Å²) >= 11 is 1.27. The quantitative estimate of drug-likeness (QED) is 0.475. The van der Waals surface area contributed by atoms with Crippen molar-refractivity contribution in [3.05, 3.63) is 0 Å². The van der Waals surface area contributed by atoms with Crippen LogP contribution < -0.4 is 0 Å². The van der Waals surface area contributed by atoms with E-state index in [2.05, 4.69) is 11.7 Å². The van der Waals surface area contributed by atoms with E-state index in [9.17, 15) is 4.79 Å². The van der Waals surface area contributed by atoms with Crippen LogP contribution in [-0.4, -0.2) is 18.2 Å². The molecule has 2 nitrogen and oxygen atoms in total. The van der Waals surface area contributed by atoms with Gasteiger partial charge in [-0.2, -0.15) is 0 Å². The highest BCUT2D eigenvalue weighted by Gasteiger charge is 1.98. The van der Waals surface area contributed by atoms with Gasteiger partial charge in [-0.1, -0.05) is 26.2 Å². The van der Waals surface area contributed by atoms with Crippen molar-refractivity contribution < 1.29 is 9.53 Å². The van der Waals surface area contributed by atoms with E-state index >= 15 is 0 Å². The molecule has 0 bridgehead atoms. The van der Waals surface area contributed by atoms with Gasteiger partial charge < -0.3 is 4.74 Å². The van der Waals surface area contributed by atoms with Crippen LogP contribution in [0.15, 0.2) is 0 Å².